The number of hydrazine groups is 1. The van der Waals surface area contributed by atoms with Crippen LogP contribution in [0.15, 0.2) is 28.7 Å². The zero-order valence-electron chi connectivity index (χ0n) is 10.1. The Balaban J connectivity index is 2.36. The van der Waals surface area contributed by atoms with Crippen LogP contribution in [0.25, 0.3) is 11.0 Å². The molecule has 1 aromatic carbocycles. The Morgan fingerprint density at radius 2 is 2.24 bits per heavy atom. The van der Waals surface area contributed by atoms with Crippen molar-refractivity contribution in [1.82, 2.24) is 5.43 Å². The highest BCUT2D eigenvalue weighted by molar-refractivity contribution is 5.78. The van der Waals surface area contributed by atoms with Gasteiger partial charge in [0, 0.05) is 11.8 Å². The number of benzene rings is 1. The van der Waals surface area contributed by atoms with Crippen LogP contribution in [0.2, 0.25) is 0 Å². The normalized spacial score (nSPS) is 12.2. The predicted octanol–water partition coefficient (Wildman–Crippen LogP) is 2.66. The van der Waals surface area contributed by atoms with Gasteiger partial charge in [0.25, 0.3) is 0 Å². The van der Waals surface area contributed by atoms with Crippen LogP contribution in [0.1, 0.15) is 30.7 Å². The van der Waals surface area contributed by atoms with Crippen molar-refractivity contribution in [2.75, 3.05) is 0 Å². The standard InChI is InChI=1S/C14H16N2O/c1-3-4-5-12(16-15)14-9-11-8-10(2)6-7-13(11)17-14/h6-9,12,16H,5,15H2,1-2H3. The number of nitrogens with two attached hydrogens (primary N) is 1. The second-order valence-corrected chi connectivity index (χ2v) is 4.04. The number of aryl methyl sites for hydroxylation is 1. The molecule has 0 amide bonds. The number of rotatable bonds is 3. The Hall–Kier alpha value is -1.76. The molecule has 3 N–H and O–H groups in total. The lowest BCUT2D eigenvalue weighted by Crippen LogP contribution is -2.27. The zero-order chi connectivity index (χ0) is 12.3. The van der Waals surface area contributed by atoms with Crippen LogP contribution in [0.4, 0.5) is 0 Å². The first-order valence-electron chi connectivity index (χ1n) is 5.60. The van der Waals surface area contributed by atoms with E-state index in [4.69, 9.17) is 10.3 Å². The first-order chi connectivity index (χ1) is 8.24. The predicted molar refractivity (Wildman–Crippen MR) is 69.1 cm³/mol. The maximum atomic E-state index is 5.76. The second kappa shape index (κ2) is 5.05. The van der Waals surface area contributed by atoms with Crippen LogP contribution < -0.4 is 11.3 Å². The third-order valence-corrected chi connectivity index (χ3v) is 2.72. The average Bonchev–Trinajstić information content (AvgIpc) is 2.72. The molecule has 1 atom stereocenters. The van der Waals surface area contributed by atoms with Gasteiger partial charge in [-0.25, -0.2) is 5.43 Å². The lowest BCUT2D eigenvalue weighted by Gasteiger charge is -2.08. The first kappa shape index (κ1) is 11.7. The van der Waals surface area contributed by atoms with E-state index in [0.29, 0.717) is 6.42 Å². The van der Waals surface area contributed by atoms with Crippen molar-refractivity contribution in [2.45, 2.75) is 26.3 Å². The van der Waals surface area contributed by atoms with Crippen molar-refractivity contribution in [1.29, 1.82) is 0 Å². The molecule has 1 unspecified atom stereocenters. The van der Waals surface area contributed by atoms with E-state index >= 15 is 0 Å². The molecule has 3 nitrogen and oxygen atoms in total. The van der Waals surface area contributed by atoms with Gasteiger partial charge in [-0.1, -0.05) is 11.6 Å². The van der Waals surface area contributed by atoms with Gasteiger partial charge in [0.1, 0.15) is 11.3 Å². The SMILES string of the molecule is CC#CCC(NN)c1cc2cc(C)ccc2o1. The maximum Gasteiger partial charge on any atom is 0.134 e. The van der Waals surface area contributed by atoms with Gasteiger partial charge in [-0.15, -0.1) is 11.8 Å². The fourth-order valence-electron chi connectivity index (χ4n) is 1.80. The Bertz CT molecular complexity index is 575. The van der Waals surface area contributed by atoms with Crippen LogP contribution in [-0.4, -0.2) is 0 Å². The molecule has 0 bridgehead atoms. The van der Waals surface area contributed by atoms with Gasteiger partial charge in [-0.2, -0.15) is 0 Å². The highest BCUT2D eigenvalue weighted by atomic mass is 16.3. The van der Waals surface area contributed by atoms with Crippen LogP contribution in [-0.2, 0) is 0 Å². The summed E-state index contributed by atoms with van der Waals surface area (Å²) in [7, 11) is 0. The molecule has 2 rings (SSSR count). The highest BCUT2D eigenvalue weighted by Gasteiger charge is 2.13. The zero-order valence-corrected chi connectivity index (χ0v) is 10.1. The van der Waals surface area contributed by atoms with Crippen molar-refractivity contribution in [3.05, 3.63) is 35.6 Å². The van der Waals surface area contributed by atoms with Gasteiger partial charge in [-0.3, -0.25) is 5.84 Å². The van der Waals surface area contributed by atoms with Crippen molar-refractivity contribution >= 4 is 11.0 Å². The molecule has 1 heterocycles. The third kappa shape index (κ3) is 2.50. The topological polar surface area (TPSA) is 51.2 Å². The average molecular weight is 228 g/mol. The number of hydrogen-bond donors (Lipinski definition) is 2. The summed E-state index contributed by atoms with van der Waals surface area (Å²) in [5.41, 5.74) is 4.84. The van der Waals surface area contributed by atoms with E-state index in [0.717, 1.165) is 16.7 Å². The minimum atomic E-state index is -0.0600. The van der Waals surface area contributed by atoms with Crippen molar-refractivity contribution in [3.63, 3.8) is 0 Å². The third-order valence-electron chi connectivity index (χ3n) is 2.72. The van der Waals surface area contributed by atoms with E-state index in [1.54, 1.807) is 0 Å². The van der Waals surface area contributed by atoms with Gasteiger partial charge < -0.3 is 4.42 Å². The minimum absolute atomic E-state index is 0.0600. The molecule has 0 radical (unpaired) electrons. The van der Waals surface area contributed by atoms with Crippen LogP contribution >= 0.6 is 0 Å². The monoisotopic (exact) mass is 228 g/mol. The fraction of sp³-hybridized carbons (Fsp3) is 0.286. The Kier molecular flexibility index (Phi) is 3.48. The second-order valence-electron chi connectivity index (χ2n) is 4.04. The number of fused-ring (bicyclic) bond motifs is 1. The molecule has 17 heavy (non-hydrogen) atoms. The van der Waals surface area contributed by atoms with Crippen molar-refractivity contribution in [3.8, 4) is 11.8 Å². The van der Waals surface area contributed by atoms with Gasteiger partial charge >= 0.3 is 0 Å². The van der Waals surface area contributed by atoms with Gasteiger partial charge in [0.2, 0.25) is 0 Å². The smallest absolute Gasteiger partial charge is 0.134 e. The van der Waals surface area contributed by atoms with Crippen LogP contribution in [0, 0.1) is 18.8 Å². The summed E-state index contributed by atoms with van der Waals surface area (Å²) in [5, 5.41) is 1.10. The molecular formula is C14H16N2O. The summed E-state index contributed by atoms with van der Waals surface area (Å²) in [4.78, 5) is 0. The molecule has 2 aromatic rings. The lowest BCUT2D eigenvalue weighted by atomic mass is 10.1. The summed E-state index contributed by atoms with van der Waals surface area (Å²) in [5.74, 6) is 12.2. The molecule has 0 spiro atoms. The minimum Gasteiger partial charge on any atom is -0.459 e. The molecule has 88 valence electrons. The molecule has 0 aliphatic heterocycles. The van der Waals surface area contributed by atoms with E-state index in [9.17, 15) is 0 Å². The molecule has 0 aliphatic carbocycles. The quantitative estimate of drug-likeness (QED) is 0.482. The van der Waals surface area contributed by atoms with Gasteiger partial charge in [0.05, 0.1) is 6.04 Å². The Labute approximate surface area is 101 Å². The van der Waals surface area contributed by atoms with Crippen molar-refractivity contribution in [2.24, 2.45) is 5.84 Å². The lowest BCUT2D eigenvalue weighted by molar-refractivity contribution is 0.442. The molecule has 0 saturated carbocycles. The van der Waals surface area contributed by atoms with Gasteiger partial charge in [-0.05, 0) is 32.0 Å². The maximum absolute atomic E-state index is 5.76. The van der Waals surface area contributed by atoms with E-state index < -0.39 is 0 Å². The number of hydrogen-bond acceptors (Lipinski definition) is 3. The Morgan fingerprint density at radius 1 is 1.41 bits per heavy atom. The van der Waals surface area contributed by atoms with E-state index in [1.165, 1.54) is 5.56 Å². The summed E-state index contributed by atoms with van der Waals surface area (Å²) in [6.45, 7) is 3.88. The Morgan fingerprint density at radius 3 is 2.94 bits per heavy atom. The van der Waals surface area contributed by atoms with E-state index in [1.807, 2.05) is 25.1 Å². The largest absolute Gasteiger partial charge is 0.459 e. The number of nitrogens with one attached hydrogen (secondary N) is 1. The van der Waals surface area contributed by atoms with Crippen LogP contribution in [0.3, 0.4) is 0 Å². The molecular weight excluding hydrogens is 212 g/mol. The number of furan rings is 1. The summed E-state index contributed by atoms with van der Waals surface area (Å²) >= 11 is 0. The van der Waals surface area contributed by atoms with Crippen LogP contribution in [0.5, 0.6) is 0 Å². The molecule has 0 aliphatic rings. The molecule has 3 heteroatoms. The fourth-order valence-corrected chi connectivity index (χ4v) is 1.80. The van der Waals surface area contributed by atoms with Gasteiger partial charge in [0.15, 0.2) is 0 Å². The summed E-state index contributed by atoms with van der Waals surface area (Å²) < 4.78 is 5.76. The summed E-state index contributed by atoms with van der Waals surface area (Å²) in [6, 6.07) is 8.07. The molecule has 1 aromatic heterocycles. The van der Waals surface area contributed by atoms with E-state index in [2.05, 4.69) is 30.3 Å². The first-order valence-corrected chi connectivity index (χ1v) is 5.60. The molecule has 0 fully saturated rings. The van der Waals surface area contributed by atoms with Crippen molar-refractivity contribution < 1.29 is 4.42 Å². The molecule has 0 saturated heterocycles. The summed E-state index contributed by atoms with van der Waals surface area (Å²) in [6.07, 6.45) is 0.645. The highest BCUT2D eigenvalue weighted by Crippen LogP contribution is 2.25. The van der Waals surface area contributed by atoms with E-state index in [-0.39, 0.29) is 6.04 Å².